The first-order chi connectivity index (χ1) is 8.97. The van der Waals surface area contributed by atoms with Gasteiger partial charge in [-0.3, -0.25) is 9.59 Å². The van der Waals surface area contributed by atoms with Crippen molar-refractivity contribution in [2.75, 3.05) is 13.1 Å². The molecule has 1 fully saturated rings. The molecule has 4 nitrogen and oxygen atoms in total. The Morgan fingerprint density at radius 2 is 2.11 bits per heavy atom. The fourth-order valence-corrected chi connectivity index (χ4v) is 2.54. The maximum Gasteiger partial charge on any atom is 0.323 e. The number of nitrogens with zero attached hydrogens (tertiary/aromatic N) is 1. The van der Waals surface area contributed by atoms with E-state index in [1.165, 1.54) is 23.1 Å². The number of carboxylic acids is 1. The van der Waals surface area contributed by atoms with Crippen LogP contribution in [-0.4, -0.2) is 35.0 Å². The van der Waals surface area contributed by atoms with Crippen molar-refractivity contribution in [3.05, 3.63) is 33.1 Å². The highest BCUT2D eigenvalue weighted by atomic mass is 127. The summed E-state index contributed by atoms with van der Waals surface area (Å²) < 4.78 is 13.5. The zero-order chi connectivity index (χ0) is 14.0. The highest BCUT2D eigenvalue weighted by Gasteiger charge is 2.29. The molecular weight excluding hydrogens is 364 g/mol. The van der Waals surface area contributed by atoms with Gasteiger partial charge in [0.2, 0.25) is 0 Å². The summed E-state index contributed by atoms with van der Waals surface area (Å²) in [6, 6.07) is 3.89. The Morgan fingerprint density at radius 1 is 1.42 bits per heavy atom. The summed E-state index contributed by atoms with van der Waals surface area (Å²) >= 11 is 1.88. The number of hydrogen-bond donors (Lipinski definition) is 1. The number of aliphatic carboxylic acids is 1. The van der Waals surface area contributed by atoms with Crippen molar-refractivity contribution in [3.8, 4) is 0 Å². The van der Waals surface area contributed by atoms with Gasteiger partial charge in [-0.1, -0.05) is 0 Å². The summed E-state index contributed by atoms with van der Waals surface area (Å²) in [5.41, 5.74) is 0.351. The van der Waals surface area contributed by atoms with Gasteiger partial charge >= 0.3 is 5.97 Å². The van der Waals surface area contributed by atoms with Crippen LogP contribution >= 0.6 is 22.6 Å². The number of carbonyl (C=O) groups excluding carboxylic acids is 1. The van der Waals surface area contributed by atoms with Crippen LogP contribution in [0.15, 0.2) is 18.2 Å². The van der Waals surface area contributed by atoms with Crippen molar-refractivity contribution in [2.45, 2.75) is 12.8 Å². The molecule has 0 aliphatic heterocycles. The first-order valence-corrected chi connectivity index (χ1v) is 7.01. The fourth-order valence-electron chi connectivity index (χ4n) is 1.83. The number of rotatable bonds is 5. The van der Waals surface area contributed by atoms with Crippen molar-refractivity contribution in [3.63, 3.8) is 0 Å². The first kappa shape index (κ1) is 14.2. The summed E-state index contributed by atoms with van der Waals surface area (Å²) in [7, 11) is 0. The molecule has 2 rings (SSSR count). The molecule has 1 aromatic carbocycles. The predicted octanol–water partition coefficient (Wildman–Crippen LogP) is 2.37. The topological polar surface area (TPSA) is 57.6 Å². The van der Waals surface area contributed by atoms with Gasteiger partial charge in [-0.15, -0.1) is 0 Å². The van der Waals surface area contributed by atoms with Gasteiger partial charge in [0.25, 0.3) is 5.91 Å². The van der Waals surface area contributed by atoms with Crippen molar-refractivity contribution < 1.29 is 19.1 Å². The highest BCUT2D eigenvalue weighted by Crippen LogP contribution is 2.30. The Labute approximate surface area is 123 Å². The maximum atomic E-state index is 13.0. The van der Waals surface area contributed by atoms with Gasteiger partial charge in [0.1, 0.15) is 12.4 Å². The van der Waals surface area contributed by atoms with Gasteiger partial charge in [-0.05, 0) is 59.5 Å². The molecule has 0 atom stereocenters. The van der Waals surface area contributed by atoms with E-state index in [0.29, 0.717) is 21.6 Å². The van der Waals surface area contributed by atoms with Crippen LogP contribution in [0.5, 0.6) is 0 Å². The number of amides is 1. The molecule has 1 aliphatic carbocycles. The first-order valence-electron chi connectivity index (χ1n) is 5.93. The lowest BCUT2D eigenvalue weighted by Crippen LogP contribution is -2.37. The second-order valence-corrected chi connectivity index (χ2v) is 5.81. The molecule has 0 aromatic heterocycles. The summed E-state index contributed by atoms with van der Waals surface area (Å²) in [5.74, 6) is -1.39. The van der Waals surface area contributed by atoms with E-state index in [1.54, 1.807) is 0 Å². The minimum Gasteiger partial charge on any atom is -0.480 e. The standard InChI is InChI=1S/C13H13FINO3/c14-9-3-4-10(11(15)5-9)13(19)16(7-12(17)18)6-8-1-2-8/h3-5,8H,1-2,6-7H2,(H,17,18). The molecule has 0 unspecified atom stereocenters. The molecule has 1 aromatic rings. The second-order valence-electron chi connectivity index (χ2n) is 4.65. The van der Waals surface area contributed by atoms with Gasteiger partial charge in [-0.25, -0.2) is 4.39 Å². The van der Waals surface area contributed by atoms with Crippen molar-refractivity contribution in [1.82, 2.24) is 4.90 Å². The maximum absolute atomic E-state index is 13.0. The van der Waals surface area contributed by atoms with E-state index in [2.05, 4.69) is 0 Å². The lowest BCUT2D eigenvalue weighted by Gasteiger charge is -2.21. The summed E-state index contributed by atoms with van der Waals surface area (Å²) in [4.78, 5) is 24.5. The molecule has 0 radical (unpaired) electrons. The number of carboxylic acid groups (broad SMARTS) is 1. The molecule has 0 saturated heterocycles. The molecule has 1 aliphatic rings. The Morgan fingerprint density at radius 3 is 2.63 bits per heavy atom. The van der Waals surface area contributed by atoms with E-state index in [4.69, 9.17) is 5.11 Å². The molecule has 102 valence electrons. The lowest BCUT2D eigenvalue weighted by atomic mass is 10.2. The third-order valence-electron chi connectivity index (χ3n) is 2.95. The quantitative estimate of drug-likeness (QED) is 0.802. The van der Waals surface area contributed by atoms with Gasteiger partial charge in [0.05, 0.1) is 5.56 Å². The summed E-state index contributed by atoms with van der Waals surface area (Å²) in [6.45, 7) is 0.140. The third-order valence-corrected chi connectivity index (χ3v) is 3.84. The Balaban J connectivity index is 2.19. The molecule has 6 heteroatoms. The largest absolute Gasteiger partial charge is 0.480 e. The van der Waals surface area contributed by atoms with E-state index < -0.39 is 11.8 Å². The van der Waals surface area contributed by atoms with Crippen LogP contribution < -0.4 is 0 Å². The minimum absolute atomic E-state index is 0.317. The highest BCUT2D eigenvalue weighted by molar-refractivity contribution is 14.1. The molecule has 1 saturated carbocycles. The molecule has 19 heavy (non-hydrogen) atoms. The van der Waals surface area contributed by atoms with Crippen molar-refractivity contribution in [2.24, 2.45) is 5.92 Å². The average Bonchev–Trinajstić information content (AvgIpc) is 3.10. The average molecular weight is 377 g/mol. The van der Waals surface area contributed by atoms with Crippen LogP contribution in [0.4, 0.5) is 4.39 Å². The third kappa shape index (κ3) is 3.89. The normalized spacial score (nSPS) is 14.2. The zero-order valence-corrected chi connectivity index (χ0v) is 12.3. The van der Waals surface area contributed by atoms with E-state index in [9.17, 15) is 14.0 Å². The molecular formula is C13H13FINO3. The predicted molar refractivity (Wildman–Crippen MR) is 75.4 cm³/mol. The van der Waals surface area contributed by atoms with Crippen LogP contribution in [0.3, 0.4) is 0 Å². The van der Waals surface area contributed by atoms with E-state index in [-0.39, 0.29) is 12.5 Å². The number of halogens is 2. The molecule has 1 amide bonds. The second kappa shape index (κ2) is 5.85. The van der Waals surface area contributed by atoms with Gasteiger partial charge < -0.3 is 10.0 Å². The van der Waals surface area contributed by atoms with Crippen LogP contribution in [0, 0.1) is 15.3 Å². The van der Waals surface area contributed by atoms with Crippen LogP contribution in [0.2, 0.25) is 0 Å². The van der Waals surface area contributed by atoms with Crippen LogP contribution in [0.25, 0.3) is 0 Å². The van der Waals surface area contributed by atoms with Crippen LogP contribution in [0.1, 0.15) is 23.2 Å². The summed E-state index contributed by atoms with van der Waals surface area (Å²) in [5, 5.41) is 8.87. The zero-order valence-electron chi connectivity index (χ0n) is 10.1. The Kier molecular flexibility index (Phi) is 4.38. The number of benzene rings is 1. The Bertz CT molecular complexity index is 517. The van der Waals surface area contributed by atoms with Gasteiger partial charge in [0.15, 0.2) is 0 Å². The molecule has 1 N–H and O–H groups in total. The van der Waals surface area contributed by atoms with E-state index in [1.807, 2.05) is 22.6 Å². The Hall–Kier alpha value is -1.18. The SMILES string of the molecule is O=C(O)CN(CC1CC1)C(=O)c1ccc(F)cc1I. The van der Waals surface area contributed by atoms with Crippen molar-refractivity contribution >= 4 is 34.5 Å². The van der Waals surface area contributed by atoms with Gasteiger partial charge in [0, 0.05) is 10.1 Å². The monoisotopic (exact) mass is 377 g/mol. The minimum atomic E-state index is -1.04. The lowest BCUT2D eigenvalue weighted by molar-refractivity contribution is -0.137. The molecule has 0 spiro atoms. The fraction of sp³-hybridized carbons (Fsp3) is 0.385. The smallest absolute Gasteiger partial charge is 0.323 e. The summed E-state index contributed by atoms with van der Waals surface area (Å²) in [6.07, 6.45) is 2.06. The van der Waals surface area contributed by atoms with E-state index in [0.717, 1.165) is 12.8 Å². The van der Waals surface area contributed by atoms with Crippen LogP contribution in [-0.2, 0) is 4.79 Å². The van der Waals surface area contributed by atoms with Gasteiger partial charge in [-0.2, -0.15) is 0 Å². The van der Waals surface area contributed by atoms with Crippen molar-refractivity contribution in [1.29, 1.82) is 0 Å². The number of hydrogen-bond acceptors (Lipinski definition) is 2. The number of carbonyl (C=O) groups is 2. The molecule has 0 heterocycles. The molecule has 0 bridgehead atoms. The van der Waals surface area contributed by atoms with E-state index >= 15 is 0 Å².